The van der Waals surface area contributed by atoms with Gasteiger partial charge in [0, 0.05) is 51.9 Å². The maximum atomic E-state index is 13.4. The number of hydrogen-bond donors (Lipinski definition) is 0. The lowest BCUT2D eigenvalue weighted by molar-refractivity contribution is -0.119. The largest absolute Gasteiger partial charge is 0.340 e. The summed E-state index contributed by atoms with van der Waals surface area (Å²) < 4.78 is 26.7. The molecular formula is C23H29F2N3O. The van der Waals surface area contributed by atoms with Crippen molar-refractivity contribution in [2.45, 2.75) is 33.0 Å². The lowest BCUT2D eigenvalue weighted by atomic mass is 10.1. The number of benzene rings is 2. The Bertz CT molecular complexity index is 830. The maximum absolute atomic E-state index is 13.4. The average Bonchev–Trinajstić information content (AvgIpc) is 2.68. The molecule has 0 spiro atoms. The molecule has 0 bridgehead atoms. The van der Waals surface area contributed by atoms with Crippen LogP contribution in [0.15, 0.2) is 42.5 Å². The van der Waals surface area contributed by atoms with Gasteiger partial charge in [0.05, 0.1) is 0 Å². The van der Waals surface area contributed by atoms with Gasteiger partial charge in [-0.15, -0.1) is 0 Å². The minimum absolute atomic E-state index is 0.195. The molecule has 1 unspecified atom stereocenters. The third-order valence-electron chi connectivity index (χ3n) is 5.65. The van der Waals surface area contributed by atoms with Crippen LogP contribution in [-0.2, 0) is 17.9 Å². The fourth-order valence-electron chi connectivity index (χ4n) is 3.92. The standard InChI is InChI=1S/C23H29F2N3O/c1-18-12-23(25)7-6-21(18)16-27(17-29)9-11-28-10-8-26(14-19(28)2)15-20-4-3-5-22(24)13-20/h3-7,12-13,17,19H,8-11,14-16H2,1-2H3. The zero-order chi connectivity index (χ0) is 20.8. The van der Waals surface area contributed by atoms with E-state index in [1.807, 2.05) is 13.0 Å². The fourth-order valence-corrected chi connectivity index (χ4v) is 3.92. The van der Waals surface area contributed by atoms with Crippen molar-refractivity contribution in [1.29, 1.82) is 0 Å². The van der Waals surface area contributed by atoms with E-state index in [9.17, 15) is 13.6 Å². The molecule has 1 atom stereocenters. The van der Waals surface area contributed by atoms with Crippen LogP contribution in [0.2, 0.25) is 0 Å². The second-order valence-electron chi connectivity index (χ2n) is 7.90. The van der Waals surface area contributed by atoms with E-state index in [0.717, 1.165) is 55.8 Å². The van der Waals surface area contributed by atoms with Crippen LogP contribution in [0.1, 0.15) is 23.6 Å². The Balaban J connectivity index is 1.48. The quantitative estimate of drug-likeness (QED) is 0.634. The van der Waals surface area contributed by atoms with Crippen LogP contribution >= 0.6 is 0 Å². The number of amides is 1. The molecule has 0 saturated carbocycles. The molecule has 0 aliphatic carbocycles. The molecule has 0 radical (unpaired) electrons. The van der Waals surface area contributed by atoms with Crippen LogP contribution in [0.3, 0.4) is 0 Å². The Hall–Kier alpha value is -2.31. The highest BCUT2D eigenvalue weighted by molar-refractivity contribution is 5.47. The molecule has 2 aromatic rings. The van der Waals surface area contributed by atoms with Gasteiger partial charge in [-0.3, -0.25) is 14.6 Å². The van der Waals surface area contributed by atoms with E-state index in [0.29, 0.717) is 19.1 Å². The van der Waals surface area contributed by atoms with Crippen molar-refractivity contribution >= 4 is 6.41 Å². The first kappa shape index (κ1) is 21.4. The third-order valence-corrected chi connectivity index (χ3v) is 5.65. The monoisotopic (exact) mass is 401 g/mol. The van der Waals surface area contributed by atoms with Gasteiger partial charge in [0.1, 0.15) is 11.6 Å². The highest BCUT2D eigenvalue weighted by Gasteiger charge is 2.24. The second-order valence-corrected chi connectivity index (χ2v) is 7.90. The van der Waals surface area contributed by atoms with Gasteiger partial charge in [-0.25, -0.2) is 8.78 Å². The van der Waals surface area contributed by atoms with Crippen LogP contribution in [0.5, 0.6) is 0 Å². The summed E-state index contributed by atoms with van der Waals surface area (Å²) in [5, 5.41) is 0. The Kier molecular flexibility index (Phi) is 7.34. The van der Waals surface area contributed by atoms with E-state index < -0.39 is 0 Å². The molecule has 1 heterocycles. The first-order valence-electron chi connectivity index (χ1n) is 10.1. The molecular weight excluding hydrogens is 372 g/mol. The summed E-state index contributed by atoms with van der Waals surface area (Å²) in [6, 6.07) is 11.8. The first-order valence-corrected chi connectivity index (χ1v) is 10.1. The van der Waals surface area contributed by atoms with E-state index in [2.05, 4.69) is 16.7 Å². The van der Waals surface area contributed by atoms with Gasteiger partial charge in [0.25, 0.3) is 0 Å². The van der Waals surface area contributed by atoms with Gasteiger partial charge in [-0.2, -0.15) is 0 Å². The minimum atomic E-state index is -0.256. The highest BCUT2D eigenvalue weighted by atomic mass is 19.1. The molecule has 0 N–H and O–H groups in total. The van der Waals surface area contributed by atoms with Crippen molar-refractivity contribution in [3.8, 4) is 0 Å². The average molecular weight is 402 g/mol. The molecule has 29 heavy (non-hydrogen) atoms. The minimum Gasteiger partial charge on any atom is -0.340 e. The summed E-state index contributed by atoms with van der Waals surface area (Å²) in [6.45, 7) is 9.47. The second kappa shape index (κ2) is 9.94. The number of rotatable bonds is 8. The number of nitrogens with zero attached hydrogens (tertiary/aromatic N) is 3. The summed E-state index contributed by atoms with van der Waals surface area (Å²) >= 11 is 0. The van der Waals surface area contributed by atoms with Gasteiger partial charge in [-0.1, -0.05) is 18.2 Å². The predicted molar refractivity (Wildman–Crippen MR) is 110 cm³/mol. The summed E-state index contributed by atoms with van der Waals surface area (Å²) in [6.07, 6.45) is 0.869. The van der Waals surface area contributed by atoms with Gasteiger partial charge in [-0.05, 0) is 54.8 Å². The molecule has 4 nitrogen and oxygen atoms in total. The Morgan fingerprint density at radius 1 is 1.14 bits per heavy atom. The van der Waals surface area contributed by atoms with Crippen LogP contribution in [0.25, 0.3) is 0 Å². The van der Waals surface area contributed by atoms with Gasteiger partial charge in [0.15, 0.2) is 0 Å². The van der Waals surface area contributed by atoms with Crippen LogP contribution in [0.4, 0.5) is 8.78 Å². The first-order chi connectivity index (χ1) is 13.9. The lowest BCUT2D eigenvalue weighted by Crippen LogP contribution is -2.53. The van der Waals surface area contributed by atoms with Crippen molar-refractivity contribution < 1.29 is 13.6 Å². The fraction of sp³-hybridized carbons (Fsp3) is 0.435. The number of hydrogen-bond acceptors (Lipinski definition) is 3. The molecule has 0 aromatic heterocycles. The Morgan fingerprint density at radius 2 is 1.93 bits per heavy atom. The molecule has 2 aromatic carbocycles. The molecule has 1 saturated heterocycles. The molecule has 6 heteroatoms. The van der Waals surface area contributed by atoms with Crippen molar-refractivity contribution in [1.82, 2.24) is 14.7 Å². The van der Waals surface area contributed by atoms with Crippen LogP contribution in [0, 0.1) is 18.6 Å². The van der Waals surface area contributed by atoms with Gasteiger partial charge >= 0.3 is 0 Å². The number of piperazine rings is 1. The third kappa shape index (κ3) is 6.08. The number of aryl methyl sites for hydroxylation is 1. The van der Waals surface area contributed by atoms with Crippen molar-refractivity contribution in [3.63, 3.8) is 0 Å². The lowest BCUT2D eigenvalue weighted by Gasteiger charge is -2.40. The van der Waals surface area contributed by atoms with Gasteiger partial charge in [0.2, 0.25) is 6.41 Å². The van der Waals surface area contributed by atoms with E-state index in [1.165, 1.54) is 18.2 Å². The van der Waals surface area contributed by atoms with E-state index in [1.54, 1.807) is 23.1 Å². The molecule has 1 aliphatic heterocycles. The summed E-state index contributed by atoms with van der Waals surface area (Å²) in [5.74, 6) is -0.451. The smallest absolute Gasteiger partial charge is 0.210 e. The van der Waals surface area contributed by atoms with Crippen LogP contribution in [-0.4, -0.2) is 59.9 Å². The normalized spacial score (nSPS) is 18.0. The van der Waals surface area contributed by atoms with Crippen LogP contribution < -0.4 is 0 Å². The zero-order valence-electron chi connectivity index (χ0n) is 17.2. The predicted octanol–water partition coefficient (Wildman–Crippen LogP) is 3.44. The molecule has 1 fully saturated rings. The number of halogens is 2. The van der Waals surface area contributed by atoms with Gasteiger partial charge < -0.3 is 4.90 Å². The van der Waals surface area contributed by atoms with Crippen molar-refractivity contribution in [2.75, 3.05) is 32.7 Å². The molecule has 156 valence electrons. The summed E-state index contributed by atoms with van der Waals surface area (Å²) in [4.78, 5) is 18.0. The number of carbonyl (C=O) groups excluding carboxylic acids is 1. The zero-order valence-corrected chi connectivity index (χ0v) is 17.2. The van der Waals surface area contributed by atoms with E-state index in [4.69, 9.17) is 0 Å². The summed E-state index contributed by atoms with van der Waals surface area (Å²) in [5.41, 5.74) is 2.81. The van der Waals surface area contributed by atoms with E-state index >= 15 is 0 Å². The maximum Gasteiger partial charge on any atom is 0.210 e. The van der Waals surface area contributed by atoms with Crippen molar-refractivity contribution in [2.24, 2.45) is 0 Å². The molecule has 1 aliphatic rings. The summed E-state index contributed by atoms with van der Waals surface area (Å²) in [7, 11) is 0. The van der Waals surface area contributed by atoms with Crippen molar-refractivity contribution in [3.05, 3.63) is 70.8 Å². The Labute approximate surface area is 171 Å². The number of carbonyl (C=O) groups is 1. The SMILES string of the molecule is Cc1cc(F)ccc1CN(C=O)CCN1CCN(Cc2cccc(F)c2)CC1C. The highest BCUT2D eigenvalue weighted by Crippen LogP contribution is 2.15. The molecule has 1 amide bonds. The molecule has 3 rings (SSSR count). The Morgan fingerprint density at radius 3 is 2.62 bits per heavy atom. The topological polar surface area (TPSA) is 26.8 Å². The van der Waals surface area contributed by atoms with E-state index in [-0.39, 0.29) is 11.6 Å².